The van der Waals surface area contributed by atoms with Crippen molar-refractivity contribution in [1.82, 2.24) is 14.2 Å². The van der Waals surface area contributed by atoms with E-state index in [1.807, 2.05) is 24.3 Å². The summed E-state index contributed by atoms with van der Waals surface area (Å²) >= 11 is 3.30. The van der Waals surface area contributed by atoms with Crippen LogP contribution < -0.4 is 0 Å². The van der Waals surface area contributed by atoms with Crippen LogP contribution in [0.2, 0.25) is 0 Å². The molecule has 6 nitrogen and oxygen atoms in total. The van der Waals surface area contributed by atoms with Crippen LogP contribution in [0.15, 0.2) is 57.8 Å². The quantitative estimate of drug-likeness (QED) is 0.380. The molecule has 0 radical (unpaired) electrons. The van der Waals surface area contributed by atoms with Crippen molar-refractivity contribution in [2.45, 2.75) is 22.1 Å². The SMILES string of the molecule is O=C(CCCSc1nc2ccccc2s1)N1CCN(S(=O)(=O)c2ccccc2F)CC1. The topological polar surface area (TPSA) is 70.6 Å². The lowest BCUT2D eigenvalue weighted by Gasteiger charge is -2.34. The van der Waals surface area contributed by atoms with Crippen LogP contribution in [0.1, 0.15) is 12.8 Å². The van der Waals surface area contributed by atoms with E-state index in [9.17, 15) is 17.6 Å². The fourth-order valence-corrected chi connectivity index (χ4v) is 6.99. The number of hydrogen-bond acceptors (Lipinski definition) is 6. The van der Waals surface area contributed by atoms with Gasteiger partial charge in [-0.15, -0.1) is 11.3 Å². The summed E-state index contributed by atoms with van der Waals surface area (Å²) in [4.78, 5) is 18.5. The van der Waals surface area contributed by atoms with E-state index in [2.05, 4.69) is 4.98 Å². The number of fused-ring (bicyclic) bond motifs is 1. The lowest BCUT2D eigenvalue weighted by molar-refractivity contribution is -0.132. The second kappa shape index (κ2) is 9.64. The molecule has 1 aliphatic rings. The molecule has 1 aromatic heterocycles. The number of benzene rings is 2. The molecule has 10 heteroatoms. The highest BCUT2D eigenvalue weighted by molar-refractivity contribution is 8.01. The molecule has 0 N–H and O–H groups in total. The van der Waals surface area contributed by atoms with Gasteiger partial charge in [-0.25, -0.2) is 17.8 Å². The van der Waals surface area contributed by atoms with E-state index in [0.29, 0.717) is 19.5 Å². The van der Waals surface area contributed by atoms with E-state index >= 15 is 0 Å². The second-order valence-corrected chi connectivity index (χ2v) is 11.4. The Morgan fingerprint density at radius 1 is 1.06 bits per heavy atom. The van der Waals surface area contributed by atoms with Crippen molar-refractivity contribution in [3.05, 3.63) is 54.3 Å². The zero-order chi connectivity index (χ0) is 21.8. The Hall–Kier alpha value is -2.01. The molecule has 0 atom stereocenters. The molecule has 1 aliphatic heterocycles. The van der Waals surface area contributed by atoms with Crippen LogP contribution in [0.25, 0.3) is 10.2 Å². The predicted molar refractivity (Wildman–Crippen MR) is 121 cm³/mol. The van der Waals surface area contributed by atoms with E-state index in [0.717, 1.165) is 32.8 Å². The van der Waals surface area contributed by atoms with E-state index in [1.54, 1.807) is 28.0 Å². The summed E-state index contributed by atoms with van der Waals surface area (Å²) in [6.45, 7) is 0.973. The van der Waals surface area contributed by atoms with Gasteiger partial charge < -0.3 is 4.90 Å². The van der Waals surface area contributed by atoms with Crippen molar-refractivity contribution < 1.29 is 17.6 Å². The number of aromatic nitrogens is 1. The van der Waals surface area contributed by atoms with Crippen molar-refractivity contribution in [3.8, 4) is 0 Å². The number of carbonyl (C=O) groups is 1. The largest absolute Gasteiger partial charge is 0.340 e. The minimum atomic E-state index is -3.89. The summed E-state index contributed by atoms with van der Waals surface area (Å²) < 4.78 is 42.7. The third kappa shape index (κ3) is 5.08. The summed E-state index contributed by atoms with van der Waals surface area (Å²) in [6, 6.07) is 13.4. The number of carbonyl (C=O) groups excluding carboxylic acids is 1. The standard InChI is InChI=1S/C21H22FN3O3S3/c22-16-6-1-4-9-19(16)31(27,28)25-13-11-24(12-14-25)20(26)10-5-15-29-21-23-17-7-2-3-8-18(17)30-21/h1-4,6-9H,5,10-15H2. The first kappa shape index (κ1) is 22.2. The first-order valence-corrected chi connectivity index (χ1v) is 13.2. The number of nitrogens with zero attached hydrogens (tertiary/aromatic N) is 3. The fourth-order valence-electron chi connectivity index (χ4n) is 3.42. The van der Waals surface area contributed by atoms with Crippen molar-refractivity contribution in [2.24, 2.45) is 0 Å². The highest BCUT2D eigenvalue weighted by Gasteiger charge is 2.31. The van der Waals surface area contributed by atoms with Gasteiger partial charge in [0.1, 0.15) is 10.7 Å². The summed E-state index contributed by atoms with van der Waals surface area (Å²) in [6.07, 6.45) is 1.14. The Morgan fingerprint density at radius 2 is 1.77 bits per heavy atom. The van der Waals surface area contributed by atoms with Gasteiger partial charge in [0.2, 0.25) is 15.9 Å². The maximum atomic E-state index is 13.9. The molecule has 2 heterocycles. The van der Waals surface area contributed by atoms with Crippen molar-refractivity contribution in [1.29, 1.82) is 0 Å². The zero-order valence-electron chi connectivity index (χ0n) is 16.7. The highest BCUT2D eigenvalue weighted by atomic mass is 32.2. The predicted octanol–water partition coefficient (Wildman–Crippen LogP) is 3.84. The van der Waals surface area contributed by atoms with Crippen LogP contribution in [0.4, 0.5) is 4.39 Å². The minimum Gasteiger partial charge on any atom is -0.340 e. The first-order valence-electron chi connectivity index (χ1n) is 9.96. The fraction of sp³-hybridized carbons (Fsp3) is 0.333. The van der Waals surface area contributed by atoms with Gasteiger partial charge in [0.05, 0.1) is 10.2 Å². The minimum absolute atomic E-state index is 0.0211. The number of halogens is 1. The smallest absolute Gasteiger partial charge is 0.246 e. The number of thiazole rings is 1. The molecule has 2 aromatic carbocycles. The van der Waals surface area contributed by atoms with Gasteiger partial charge in [0.25, 0.3) is 0 Å². The highest BCUT2D eigenvalue weighted by Crippen LogP contribution is 2.30. The maximum absolute atomic E-state index is 13.9. The van der Waals surface area contributed by atoms with Crippen molar-refractivity contribution >= 4 is 49.2 Å². The van der Waals surface area contributed by atoms with Gasteiger partial charge in [0, 0.05) is 38.4 Å². The Kier molecular flexibility index (Phi) is 6.90. The molecule has 0 saturated carbocycles. The van der Waals surface area contributed by atoms with Crippen molar-refractivity contribution in [2.75, 3.05) is 31.9 Å². The van der Waals surface area contributed by atoms with Crippen LogP contribution in [0.5, 0.6) is 0 Å². The molecular weight excluding hydrogens is 457 g/mol. The number of hydrogen-bond donors (Lipinski definition) is 0. The molecule has 1 saturated heterocycles. The van der Waals surface area contributed by atoms with Crippen LogP contribution in [0.3, 0.4) is 0 Å². The lowest BCUT2D eigenvalue weighted by atomic mass is 10.2. The van der Waals surface area contributed by atoms with Crippen molar-refractivity contribution in [3.63, 3.8) is 0 Å². The number of para-hydroxylation sites is 1. The molecule has 0 bridgehead atoms. The van der Waals surface area contributed by atoms with Gasteiger partial charge in [-0.1, -0.05) is 36.0 Å². The molecule has 0 unspecified atom stereocenters. The molecule has 4 rings (SSSR count). The number of thioether (sulfide) groups is 1. The third-order valence-corrected chi connectivity index (χ3v) is 9.28. The Bertz CT molecular complexity index is 1140. The van der Waals surface area contributed by atoms with Gasteiger partial charge in [-0.3, -0.25) is 4.79 Å². The van der Waals surface area contributed by atoms with Gasteiger partial charge in [-0.2, -0.15) is 4.31 Å². The van der Waals surface area contributed by atoms with E-state index < -0.39 is 15.8 Å². The summed E-state index contributed by atoms with van der Waals surface area (Å²) in [5.74, 6) is 0.0622. The average Bonchev–Trinajstić information content (AvgIpc) is 3.20. The van der Waals surface area contributed by atoms with Gasteiger partial charge in [0.15, 0.2) is 4.34 Å². The monoisotopic (exact) mass is 479 g/mol. The Morgan fingerprint density at radius 3 is 2.52 bits per heavy atom. The molecule has 31 heavy (non-hydrogen) atoms. The van der Waals surface area contributed by atoms with E-state index in [4.69, 9.17) is 0 Å². The zero-order valence-corrected chi connectivity index (χ0v) is 19.2. The van der Waals surface area contributed by atoms with Crippen LogP contribution in [-0.4, -0.2) is 60.4 Å². The van der Waals surface area contributed by atoms with Crippen LogP contribution >= 0.6 is 23.1 Å². The maximum Gasteiger partial charge on any atom is 0.246 e. The van der Waals surface area contributed by atoms with E-state index in [-0.39, 0.29) is 23.9 Å². The molecule has 3 aromatic rings. The third-order valence-electron chi connectivity index (χ3n) is 5.08. The summed E-state index contributed by atoms with van der Waals surface area (Å²) in [5, 5.41) is 0. The number of sulfonamides is 1. The van der Waals surface area contributed by atoms with Crippen LogP contribution in [0, 0.1) is 5.82 Å². The summed E-state index contributed by atoms with van der Waals surface area (Å²) in [5.41, 5.74) is 0.995. The van der Waals surface area contributed by atoms with E-state index in [1.165, 1.54) is 22.5 Å². The molecule has 1 fully saturated rings. The second-order valence-electron chi connectivity index (χ2n) is 7.11. The summed E-state index contributed by atoms with van der Waals surface area (Å²) in [7, 11) is -3.89. The molecule has 1 amide bonds. The average molecular weight is 480 g/mol. The number of amides is 1. The molecular formula is C21H22FN3O3S3. The Balaban J connectivity index is 1.23. The Labute approximate surface area is 189 Å². The molecule has 0 spiro atoms. The first-order chi connectivity index (χ1) is 14.9. The normalized spacial score (nSPS) is 15.5. The number of rotatable bonds is 7. The van der Waals surface area contributed by atoms with Crippen LogP contribution in [-0.2, 0) is 14.8 Å². The number of piperazine rings is 1. The molecule has 0 aliphatic carbocycles. The lowest BCUT2D eigenvalue weighted by Crippen LogP contribution is -2.50. The van der Waals surface area contributed by atoms with Gasteiger partial charge in [-0.05, 0) is 30.7 Å². The molecule has 164 valence electrons. The van der Waals surface area contributed by atoms with Gasteiger partial charge >= 0.3 is 0 Å².